The van der Waals surface area contributed by atoms with Gasteiger partial charge in [0.05, 0.1) is 4.90 Å². The summed E-state index contributed by atoms with van der Waals surface area (Å²) >= 11 is 6.23. The van der Waals surface area contributed by atoms with Crippen LogP contribution in [-0.4, -0.2) is 20.7 Å². The van der Waals surface area contributed by atoms with Gasteiger partial charge in [-0.2, -0.15) is 0 Å². The van der Waals surface area contributed by atoms with Gasteiger partial charge in [0.2, 0.25) is 0 Å². The van der Waals surface area contributed by atoms with E-state index in [-0.39, 0.29) is 10.9 Å². The van der Waals surface area contributed by atoms with E-state index >= 15 is 0 Å². The molecule has 0 bridgehead atoms. The van der Waals surface area contributed by atoms with Crippen molar-refractivity contribution in [2.24, 2.45) is 5.73 Å². The molecule has 0 amide bonds. The summed E-state index contributed by atoms with van der Waals surface area (Å²) in [5, 5.41) is 0.436. The molecule has 118 valence electrons. The highest BCUT2D eigenvalue weighted by molar-refractivity contribution is 7.90. The first-order valence-corrected chi connectivity index (χ1v) is 9.39. The van der Waals surface area contributed by atoms with Crippen molar-refractivity contribution in [2.45, 2.75) is 30.7 Å². The molecule has 0 saturated carbocycles. The molecule has 0 fully saturated rings. The van der Waals surface area contributed by atoms with Crippen LogP contribution in [0.15, 0.2) is 47.4 Å². The van der Waals surface area contributed by atoms with E-state index in [2.05, 4.69) is 12.1 Å². The van der Waals surface area contributed by atoms with Crippen LogP contribution in [0.5, 0.6) is 0 Å². The predicted octanol–water partition coefficient (Wildman–Crippen LogP) is 3.69. The van der Waals surface area contributed by atoms with E-state index in [4.69, 9.17) is 17.3 Å². The third-order valence-corrected chi connectivity index (χ3v) is 4.94. The van der Waals surface area contributed by atoms with Gasteiger partial charge in [0.15, 0.2) is 9.84 Å². The highest BCUT2D eigenvalue weighted by Gasteiger charge is 2.11. The maximum Gasteiger partial charge on any atom is 0.175 e. The first-order valence-electron chi connectivity index (χ1n) is 7.12. The van der Waals surface area contributed by atoms with Crippen LogP contribution in [-0.2, 0) is 16.3 Å². The van der Waals surface area contributed by atoms with Crippen LogP contribution in [0.2, 0.25) is 5.02 Å². The van der Waals surface area contributed by atoms with Crippen LogP contribution < -0.4 is 5.73 Å². The Morgan fingerprint density at radius 3 is 2.27 bits per heavy atom. The molecular formula is C17H20ClNO2S. The molecule has 2 rings (SSSR count). The summed E-state index contributed by atoms with van der Waals surface area (Å²) in [6, 6.07) is 13.1. The average Bonchev–Trinajstić information content (AvgIpc) is 2.44. The second kappa shape index (κ2) is 6.82. The lowest BCUT2D eigenvalue weighted by atomic mass is 10.0. The van der Waals surface area contributed by atoms with Gasteiger partial charge in [-0.25, -0.2) is 8.42 Å². The van der Waals surface area contributed by atoms with Crippen LogP contribution in [0.4, 0.5) is 0 Å². The van der Waals surface area contributed by atoms with Crippen LogP contribution in [0.1, 0.15) is 18.9 Å². The Balaban J connectivity index is 2.25. The van der Waals surface area contributed by atoms with Gasteiger partial charge in [-0.05, 0) is 43.0 Å². The number of nitrogens with two attached hydrogens (primary N) is 1. The molecule has 1 unspecified atom stereocenters. The highest BCUT2D eigenvalue weighted by atomic mass is 35.5. The number of aryl methyl sites for hydroxylation is 1. The molecule has 0 spiro atoms. The van der Waals surface area contributed by atoms with Crippen molar-refractivity contribution >= 4 is 21.4 Å². The lowest BCUT2D eigenvalue weighted by molar-refractivity contribution is 0.602. The quantitative estimate of drug-likeness (QED) is 0.905. The Kier molecular flexibility index (Phi) is 5.27. The van der Waals surface area contributed by atoms with Crippen molar-refractivity contribution in [1.29, 1.82) is 0 Å². The maximum atomic E-state index is 11.5. The number of sulfone groups is 1. The van der Waals surface area contributed by atoms with Gasteiger partial charge in [0.25, 0.3) is 0 Å². The molecule has 1 atom stereocenters. The van der Waals surface area contributed by atoms with E-state index in [1.165, 1.54) is 17.9 Å². The number of benzene rings is 2. The van der Waals surface area contributed by atoms with E-state index in [1.54, 1.807) is 12.1 Å². The zero-order valence-electron chi connectivity index (χ0n) is 12.7. The zero-order chi connectivity index (χ0) is 16.3. The Morgan fingerprint density at radius 2 is 1.77 bits per heavy atom. The van der Waals surface area contributed by atoms with Gasteiger partial charge in [-0.15, -0.1) is 0 Å². The molecule has 2 aromatic rings. The molecule has 2 aromatic carbocycles. The standard InChI is InChI=1S/C17H20ClNO2S/c1-12(19)3-4-13-5-7-14(8-6-13)16-10-9-15(11-17(16)18)22(2,20)21/h5-12H,3-4,19H2,1-2H3. The Labute approximate surface area is 137 Å². The lowest BCUT2D eigenvalue weighted by Crippen LogP contribution is -2.15. The van der Waals surface area contributed by atoms with Gasteiger partial charge in [0, 0.05) is 22.9 Å². The van der Waals surface area contributed by atoms with Crippen LogP contribution in [0.3, 0.4) is 0 Å². The van der Waals surface area contributed by atoms with Crippen molar-refractivity contribution in [1.82, 2.24) is 0 Å². The smallest absolute Gasteiger partial charge is 0.175 e. The van der Waals surface area contributed by atoms with E-state index < -0.39 is 9.84 Å². The van der Waals surface area contributed by atoms with Crippen LogP contribution in [0, 0.1) is 0 Å². The fourth-order valence-corrected chi connectivity index (χ4v) is 3.21. The molecule has 0 aliphatic heterocycles. The van der Waals surface area contributed by atoms with Crippen LogP contribution in [0.25, 0.3) is 11.1 Å². The Morgan fingerprint density at radius 1 is 1.14 bits per heavy atom. The summed E-state index contributed by atoms with van der Waals surface area (Å²) in [4.78, 5) is 0.231. The number of halogens is 1. The summed E-state index contributed by atoms with van der Waals surface area (Å²) in [6.45, 7) is 2.00. The second-order valence-corrected chi connectivity index (χ2v) is 8.05. The average molecular weight is 338 g/mol. The molecule has 22 heavy (non-hydrogen) atoms. The zero-order valence-corrected chi connectivity index (χ0v) is 14.3. The van der Waals surface area contributed by atoms with Crippen molar-refractivity contribution in [3.63, 3.8) is 0 Å². The minimum absolute atomic E-state index is 0.192. The first-order chi connectivity index (χ1) is 10.3. The molecule has 0 aliphatic rings. The van der Waals surface area contributed by atoms with Gasteiger partial charge >= 0.3 is 0 Å². The van der Waals surface area contributed by atoms with Gasteiger partial charge in [0.1, 0.15) is 0 Å². The molecule has 0 saturated heterocycles. The van der Waals surface area contributed by atoms with Crippen molar-refractivity contribution < 1.29 is 8.42 Å². The largest absolute Gasteiger partial charge is 0.328 e. The molecule has 3 nitrogen and oxygen atoms in total. The normalized spacial score (nSPS) is 13.1. The fraction of sp³-hybridized carbons (Fsp3) is 0.294. The molecule has 2 N–H and O–H groups in total. The van der Waals surface area contributed by atoms with E-state index in [9.17, 15) is 8.42 Å². The monoisotopic (exact) mass is 337 g/mol. The Hall–Kier alpha value is -1.36. The Bertz CT molecular complexity index is 753. The molecular weight excluding hydrogens is 318 g/mol. The number of hydrogen-bond acceptors (Lipinski definition) is 3. The third kappa shape index (κ3) is 4.32. The minimum atomic E-state index is -3.24. The van der Waals surface area contributed by atoms with Crippen LogP contribution >= 0.6 is 11.6 Å². The highest BCUT2D eigenvalue weighted by Crippen LogP contribution is 2.30. The minimum Gasteiger partial charge on any atom is -0.328 e. The van der Waals surface area contributed by atoms with Gasteiger partial charge < -0.3 is 5.73 Å². The van der Waals surface area contributed by atoms with Crippen molar-refractivity contribution in [3.8, 4) is 11.1 Å². The molecule has 5 heteroatoms. The fourth-order valence-electron chi connectivity index (χ4n) is 2.21. The molecule has 0 heterocycles. The lowest BCUT2D eigenvalue weighted by Gasteiger charge is -2.09. The van der Waals surface area contributed by atoms with Crippen molar-refractivity contribution in [3.05, 3.63) is 53.1 Å². The van der Waals surface area contributed by atoms with Gasteiger partial charge in [-0.3, -0.25) is 0 Å². The molecule has 0 aliphatic carbocycles. The second-order valence-electron chi connectivity index (χ2n) is 5.63. The SMILES string of the molecule is CC(N)CCc1ccc(-c2ccc(S(C)(=O)=O)cc2Cl)cc1. The van der Waals surface area contributed by atoms with E-state index in [0.29, 0.717) is 5.02 Å². The van der Waals surface area contributed by atoms with Gasteiger partial charge in [-0.1, -0.05) is 41.9 Å². The third-order valence-electron chi connectivity index (χ3n) is 3.52. The summed E-state index contributed by atoms with van der Waals surface area (Å²) in [5.74, 6) is 0. The topological polar surface area (TPSA) is 60.2 Å². The summed E-state index contributed by atoms with van der Waals surface area (Å²) in [7, 11) is -3.24. The first kappa shape index (κ1) is 17.0. The van der Waals surface area contributed by atoms with E-state index in [0.717, 1.165) is 24.0 Å². The summed E-state index contributed by atoms with van der Waals surface area (Å²) in [6.07, 6.45) is 3.06. The molecule has 0 aromatic heterocycles. The number of hydrogen-bond donors (Lipinski definition) is 1. The number of rotatable bonds is 5. The summed E-state index contributed by atoms with van der Waals surface area (Å²) in [5.41, 5.74) is 8.78. The maximum absolute atomic E-state index is 11.5. The van der Waals surface area contributed by atoms with E-state index in [1.807, 2.05) is 19.1 Å². The molecule has 0 radical (unpaired) electrons. The van der Waals surface area contributed by atoms with Crippen molar-refractivity contribution in [2.75, 3.05) is 6.26 Å². The summed E-state index contributed by atoms with van der Waals surface area (Å²) < 4.78 is 23.1. The predicted molar refractivity (Wildman–Crippen MR) is 92.0 cm³/mol.